The van der Waals surface area contributed by atoms with Gasteiger partial charge in [0.2, 0.25) is 5.91 Å². The van der Waals surface area contributed by atoms with Gasteiger partial charge < -0.3 is 9.73 Å². The highest BCUT2D eigenvalue weighted by atomic mass is 32.2. The van der Waals surface area contributed by atoms with Gasteiger partial charge in [0.05, 0.1) is 6.20 Å². The summed E-state index contributed by atoms with van der Waals surface area (Å²) in [7, 11) is 0. The number of thioether (sulfide) groups is 1. The van der Waals surface area contributed by atoms with Crippen LogP contribution in [0.2, 0.25) is 0 Å². The Balaban J connectivity index is 1.46. The minimum absolute atomic E-state index is 0.00624. The third-order valence-corrected chi connectivity index (χ3v) is 4.52. The number of nitrogens with one attached hydrogen (secondary N) is 1. The van der Waals surface area contributed by atoms with E-state index in [1.165, 1.54) is 4.90 Å². The number of oxazole rings is 1. The van der Waals surface area contributed by atoms with Gasteiger partial charge in [-0.25, -0.2) is 4.98 Å². The first-order chi connectivity index (χ1) is 12.2. The van der Waals surface area contributed by atoms with E-state index in [1.807, 2.05) is 60.9 Å². The van der Waals surface area contributed by atoms with Crippen molar-refractivity contribution in [3.63, 3.8) is 0 Å². The molecule has 0 radical (unpaired) electrons. The van der Waals surface area contributed by atoms with Crippen LogP contribution < -0.4 is 5.32 Å². The van der Waals surface area contributed by atoms with E-state index in [9.17, 15) is 4.79 Å². The topological polar surface area (TPSA) is 55.1 Å². The molecule has 0 aliphatic rings. The molecule has 0 saturated carbocycles. The van der Waals surface area contributed by atoms with Gasteiger partial charge in [-0.3, -0.25) is 4.79 Å². The summed E-state index contributed by atoms with van der Waals surface area (Å²) in [6, 6.07) is 17.7. The van der Waals surface area contributed by atoms with Gasteiger partial charge in [-0.2, -0.15) is 0 Å². The van der Waals surface area contributed by atoms with Gasteiger partial charge in [0, 0.05) is 29.0 Å². The summed E-state index contributed by atoms with van der Waals surface area (Å²) in [5.74, 6) is 1.43. The van der Waals surface area contributed by atoms with E-state index in [2.05, 4.69) is 10.3 Å². The summed E-state index contributed by atoms with van der Waals surface area (Å²) in [6.07, 6.45) is 5.54. The van der Waals surface area contributed by atoms with Crippen LogP contribution >= 0.6 is 11.8 Å². The lowest BCUT2D eigenvalue weighted by Crippen LogP contribution is -2.11. The molecule has 0 atom stereocenters. The van der Waals surface area contributed by atoms with Crippen molar-refractivity contribution in [2.45, 2.75) is 24.2 Å². The Morgan fingerprint density at radius 2 is 1.88 bits per heavy atom. The highest BCUT2D eigenvalue weighted by Crippen LogP contribution is 2.21. The molecular weight excluding hydrogens is 332 g/mol. The zero-order valence-corrected chi connectivity index (χ0v) is 14.9. The molecule has 25 heavy (non-hydrogen) atoms. The van der Waals surface area contributed by atoms with Crippen LogP contribution in [-0.2, 0) is 11.2 Å². The van der Waals surface area contributed by atoms with Crippen molar-refractivity contribution in [2.24, 2.45) is 0 Å². The van der Waals surface area contributed by atoms with E-state index in [4.69, 9.17) is 4.42 Å². The van der Waals surface area contributed by atoms with Crippen LogP contribution in [0.25, 0.3) is 11.3 Å². The average molecular weight is 352 g/mol. The molecule has 0 aliphatic heterocycles. The molecule has 2 aromatic carbocycles. The molecule has 1 heterocycles. The van der Waals surface area contributed by atoms with Crippen molar-refractivity contribution in [1.82, 2.24) is 4.98 Å². The lowest BCUT2D eigenvalue weighted by molar-refractivity contribution is -0.116. The van der Waals surface area contributed by atoms with E-state index in [0.717, 1.165) is 17.0 Å². The van der Waals surface area contributed by atoms with Crippen molar-refractivity contribution in [2.75, 3.05) is 11.6 Å². The quantitative estimate of drug-likeness (QED) is 0.606. The fourth-order valence-corrected chi connectivity index (χ4v) is 2.87. The molecule has 0 aliphatic carbocycles. The normalized spacial score (nSPS) is 10.6. The molecule has 3 aromatic rings. The minimum Gasteiger partial charge on any atom is -0.441 e. The SMILES string of the molecule is CSc1ccc(NC(=O)CCCc2ncc(-c3ccccc3)o2)cc1. The van der Waals surface area contributed by atoms with Crippen LogP contribution in [0.1, 0.15) is 18.7 Å². The van der Waals surface area contributed by atoms with Gasteiger partial charge in [0.15, 0.2) is 11.7 Å². The van der Waals surface area contributed by atoms with Crippen LogP contribution in [0.5, 0.6) is 0 Å². The van der Waals surface area contributed by atoms with Gasteiger partial charge in [0.25, 0.3) is 0 Å². The number of aryl methyl sites for hydroxylation is 1. The molecule has 4 nitrogen and oxygen atoms in total. The van der Waals surface area contributed by atoms with Crippen molar-refractivity contribution in [1.29, 1.82) is 0 Å². The Kier molecular flexibility index (Phi) is 5.90. The number of carbonyl (C=O) groups excluding carboxylic acids is 1. The molecule has 0 saturated heterocycles. The minimum atomic E-state index is 0.00624. The average Bonchev–Trinajstić information content (AvgIpc) is 3.12. The first-order valence-corrected chi connectivity index (χ1v) is 9.41. The van der Waals surface area contributed by atoms with E-state index in [-0.39, 0.29) is 5.91 Å². The number of anilines is 1. The van der Waals surface area contributed by atoms with Crippen LogP contribution in [0, 0.1) is 0 Å². The van der Waals surface area contributed by atoms with E-state index >= 15 is 0 Å². The highest BCUT2D eigenvalue weighted by molar-refractivity contribution is 7.98. The zero-order chi connectivity index (χ0) is 17.5. The predicted octanol–water partition coefficient (Wildman–Crippen LogP) is 5.02. The Morgan fingerprint density at radius 3 is 2.60 bits per heavy atom. The summed E-state index contributed by atoms with van der Waals surface area (Å²) < 4.78 is 5.75. The van der Waals surface area contributed by atoms with Crippen molar-refractivity contribution >= 4 is 23.4 Å². The second-order valence-corrected chi connectivity index (χ2v) is 6.49. The summed E-state index contributed by atoms with van der Waals surface area (Å²) in [5.41, 5.74) is 1.83. The Morgan fingerprint density at radius 1 is 1.12 bits per heavy atom. The Bertz CT molecular complexity index is 813. The lowest BCUT2D eigenvalue weighted by atomic mass is 10.2. The van der Waals surface area contributed by atoms with Crippen molar-refractivity contribution < 1.29 is 9.21 Å². The molecule has 3 rings (SSSR count). The van der Waals surface area contributed by atoms with Gasteiger partial charge in [-0.15, -0.1) is 11.8 Å². The highest BCUT2D eigenvalue weighted by Gasteiger charge is 2.08. The van der Waals surface area contributed by atoms with Crippen LogP contribution in [0.3, 0.4) is 0 Å². The molecule has 0 bridgehead atoms. The molecule has 0 fully saturated rings. The number of nitrogens with zero attached hydrogens (tertiary/aromatic N) is 1. The van der Waals surface area contributed by atoms with E-state index in [0.29, 0.717) is 25.2 Å². The van der Waals surface area contributed by atoms with Gasteiger partial charge in [0.1, 0.15) is 0 Å². The molecule has 1 N–H and O–H groups in total. The number of benzene rings is 2. The second kappa shape index (κ2) is 8.53. The smallest absolute Gasteiger partial charge is 0.224 e. The number of rotatable bonds is 7. The number of aromatic nitrogens is 1. The number of hydrogen-bond donors (Lipinski definition) is 1. The summed E-state index contributed by atoms with van der Waals surface area (Å²) >= 11 is 1.68. The van der Waals surface area contributed by atoms with Crippen LogP contribution in [-0.4, -0.2) is 17.1 Å². The molecule has 0 unspecified atom stereocenters. The molecule has 128 valence electrons. The summed E-state index contributed by atoms with van der Waals surface area (Å²) in [4.78, 5) is 17.5. The van der Waals surface area contributed by atoms with Crippen molar-refractivity contribution in [3.8, 4) is 11.3 Å². The summed E-state index contributed by atoms with van der Waals surface area (Å²) in [5, 5.41) is 2.91. The number of carbonyl (C=O) groups is 1. The van der Waals surface area contributed by atoms with E-state index in [1.54, 1.807) is 18.0 Å². The third-order valence-electron chi connectivity index (χ3n) is 3.78. The molecule has 1 amide bonds. The second-order valence-electron chi connectivity index (χ2n) is 5.61. The zero-order valence-electron chi connectivity index (χ0n) is 14.1. The molecule has 5 heteroatoms. The maximum absolute atomic E-state index is 12.0. The first kappa shape index (κ1) is 17.3. The van der Waals surface area contributed by atoms with Crippen molar-refractivity contribution in [3.05, 3.63) is 66.7 Å². The fourth-order valence-electron chi connectivity index (χ4n) is 2.46. The van der Waals surface area contributed by atoms with E-state index < -0.39 is 0 Å². The summed E-state index contributed by atoms with van der Waals surface area (Å²) in [6.45, 7) is 0. The lowest BCUT2D eigenvalue weighted by Gasteiger charge is -2.05. The van der Waals surface area contributed by atoms with Gasteiger partial charge >= 0.3 is 0 Å². The number of hydrogen-bond acceptors (Lipinski definition) is 4. The largest absolute Gasteiger partial charge is 0.441 e. The molecule has 1 aromatic heterocycles. The molecular formula is C20H20N2O2S. The predicted molar refractivity (Wildman–Crippen MR) is 102 cm³/mol. The van der Waals surface area contributed by atoms with Gasteiger partial charge in [-0.1, -0.05) is 30.3 Å². The van der Waals surface area contributed by atoms with Gasteiger partial charge in [-0.05, 0) is 36.9 Å². The standard InChI is InChI=1S/C20H20N2O2S/c1-25-17-12-10-16(11-13-17)22-19(23)8-5-9-20-21-14-18(24-20)15-6-3-2-4-7-15/h2-4,6-7,10-14H,5,8-9H2,1H3,(H,22,23). The maximum atomic E-state index is 12.0. The molecule has 0 spiro atoms. The maximum Gasteiger partial charge on any atom is 0.224 e. The van der Waals surface area contributed by atoms with Crippen LogP contribution in [0.4, 0.5) is 5.69 Å². The number of amides is 1. The Labute approximate surface area is 151 Å². The van der Waals surface area contributed by atoms with Crippen LogP contribution in [0.15, 0.2) is 70.1 Å². The Hall–Kier alpha value is -2.53. The fraction of sp³-hybridized carbons (Fsp3) is 0.200. The monoisotopic (exact) mass is 352 g/mol. The first-order valence-electron chi connectivity index (χ1n) is 8.18. The third kappa shape index (κ3) is 4.97.